The number of methoxy groups -OCH3 is 1. The maximum absolute atomic E-state index is 12.9. The summed E-state index contributed by atoms with van der Waals surface area (Å²) >= 11 is 1.32. The number of rotatable bonds is 6. The van der Waals surface area contributed by atoms with E-state index in [9.17, 15) is 9.59 Å². The van der Waals surface area contributed by atoms with Gasteiger partial charge in [-0.25, -0.2) is 4.98 Å². The zero-order valence-electron chi connectivity index (χ0n) is 16.7. The van der Waals surface area contributed by atoms with Crippen LogP contribution in [0.25, 0.3) is 11.3 Å². The van der Waals surface area contributed by atoms with Crippen LogP contribution >= 0.6 is 11.3 Å². The van der Waals surface area contributed by atoms with Crippen molar-refractivity contribution in [3.8, 4) is 17.0 Å². The number of azo groups is 1. The Kier molecular flexibility index (Phi) is 5.54. The summed E-state index contributed by atoms with van der Waals surface area (Å²) in [5.74, 6) is -0.0946. The summed E-state index contributed by atoms with van der Waals surface area (Å²) in [6.45, 7) is 1.72. The molecule has 2 amide bonds. The number of aromatic nitrogens is 1. The first-order chi connectivity index (χ1) is 15.0. The molecule has 1 aromatic heterocycles. The molecule has 0 radical (unpaired) electrons. The second-order valence-electron chi connectivity index (χ2n) is 6.66. The second kappa shape index (κ2) is 8.44. The Morgan fingerprint density at radius 1 is 1.16 bits per heavy atom. The fourth-order valence-electron chi connectivity index (χ4n) is 2.90. The van der Waals surface area contributed by atoms with E-state index in [-0.39, 0.29) is 5.91 Å². The van der Waals surface area contributed by atoms with E-state index in [2.05, 4.69) is 20.3 Å². The van der Waals surface area contributed by atoms with Crippen molar-refractivity contribution in [3.05, 3.63) is 59.5 Å². The Morgan fingerprint density at radius 3 is 2.52 bits per heavy atom. The van der Waals surface area contributed by atoms with Crippen LogP contribution < -0.4 is 15.5 Å². The highest BCUT2D eigenvalue weighted by Crippen LogP contribution is 2.31. The number of primary amides is 1. The van der Waals surface area contributed by atoms with E-state index < -0.39 is 11.9 Å². The molecular weight excluding hydrogens is 416 g/mol. The number of anilines is 1. The fraction of sp³-hybridized carbons (Fsp3) is 0.143. The Balaban J connectivity index is 1.50. The van der Waals surface area contributed by atoms with Gasteiger partial charge in [-0.3, -0.25) is 9.59 Å². The molecule has 0 saturated heterocycles. The van der Waals surface area contributed by atoms with Crippen molar-refractivity contribution in [3.63, 3.8) is 0 Å². The molecule has 0 aliphatic carbocycles. The van der Waals surface area contributed by atoms with Crippen molar-refractivity contribution < 1.29 is 14.3 Å². The predicted molar refractivity (Wildman–Crippen MR) is 118 cm³/mol. The number of nitrogens with two attached hydrogens (primary N) is 1. The molecule has 31 heavy (non-hydrogen) atoms. The molecule has 0 spiro atoms. The smallest absolute Gasteiger partial charge is 0.282 e. The molecular formula is C21H18N6O3S. The van der Waals surface area contributed by atoms with Gasteiger partial charge in [0.25, 0.3) is 5.91 Å². The zero-order chi connectivity index (χ0) is 22.0. The van der Waals surface area contributed by atoms with Crippen LogP contribution in [0, 0.1) is 0 Å². The van der Waals surface area contributed by atoms with Gasteiger partial charge in [-0.05, 0) is 55.5 Å². The van der Waals surface area contributed by atoms with Crippen LogP contribution in [0.3, 0.4) is 0 Å². The average Bonchev–Trinajstić information content (AvgIpc) is 3.37. The summed E-state index contributed by atoms with van der Waals surface area (Å²) in [5.41, 5.74) is 8.26. The van der Waals surface area contributed by atoms with E-state index in [1.54, 1.807) is 38.3 Å². The Labute approximate surface area is 181 Å². The lowest BCUT2D eigenvalue weighted by molar-refractivity contribution is -0.117. The lowest BCUT2D eigenvalue weighted by Gasteiger charge is -2.08. The number of hydrogen-bond acceptors (Lipinski definition) is 8. The third-order valence-electron chi connectivity index (χ3n) is 4.60. The molecule has 4 rings (SSSR count). The van der Waals surface area contributed by atoms with Gasteiger partial charge in [0.1, 0.15) is 5.75 Å². The summed E-state index contributed by atoms with van der Waals surface area (Å²) in [7, 11) is 1.61. The van der Waals surface area contributed by atoms with Crippen LogP contribution in [0.2, 0.25) is 0 Å². The average molecular weight is 434 g/mol. The van der Waals surface area contributed by atoms with E-state index in [1.165, 1.54) is 16.3 Å². The molecule has 0 fully saturated rings. The number of carbonyl (C=O) groups is 2. The lowest BCUT2D eigenvalue weighted by Crippen LogP contribution is -2.29. The molecule has 1 aliphatic heterocycles. The minimum Gasteiger partial charge on any atom is -0.497 e. The van der Waals surface area contributed by atoms with E-state index in [1.807, 2.05) is 29.6 Å². The monoisotopic (exact) mass is 434 g/mol. The van der Waals surface area contributed by atoms with Crippen LogP contribution in [0.4, 0.5) is 10.8 Å². The van der Waals surface area contributed by atoms with Crippen LogP contribution in [0.5, 0.6) is 5.75 Å². The van der Waals surface area contributed by atoms with Gasteiger partial charge in [0.2, 0.25) is 11.0 Å². The first-order valence-electron chi connectivity index (χ1n) is 9.26. The summed E-state index contributed by atoms with van der Waals surface area (Å²) in [4.78, 5) is 28.5. The predicted octanol–water partition coefficient (Wildman–Crippen LogP) is 3.79. The van der Waals surface area contributed by atoms with E-state index >= 15 is 0 Å². The molecule has 2 heterocycles. The van der Waals surface area contributed by atoms with Gasteiger partial charge in [0.05, 0.1) is 24.2 Å². The molecule has 2 N–H and O–H groups in total. The lowest BCUT2D eigenvalue weighted by atomic mass is 10.2. The topological polar surface area (TPSA) is 123 Å². The summed E-state index contributed by atoms with van der Waals surface area (Å²) < 4.78 is 5.17. The number of amides is 2. The van der Waals surface area contributed by atoms with Crippen molar-refractivity contribution in [1.29, 1.82) is 0 Å². The summed E-state index contributed by atoms with van der Waals surface area (Å²) in [5, 5.41) is 16.1. The number of hydrogen-bond donors (Lipinski definition) is 1. The molecule has 3 aromatic rings. The van der Waals surface area contributed by atoms with Crippen LogP contribution in [-0.4, -0.2) is 35.7 Å². The molecule has 0 saturated carbocycles. The maximum atomic E-state index is 12.9. The van der Waals surface area contributed by atoms with Crippen LogP contribution in [0.15, 0.2) is 69.2 Å². The fourth-order valence-corrected chi connectivity index (χ4v) is 3.69. The molecule has 1 atom stereocenters. The number of hydrazone groups is 1. The Morgan fingerprint density at radius 2 is 1.87 bits per heavy atom. The molecule has 9 nitrogen and oxygen atoms in total. The number of nitrogens with zero attached hydrogens (tertiary/aromatic N) is 5. The Bertz CT molecular complexity index is 1180. The largest absolute Gasteiger partial charge is 0.497 e. The number of carbonyl (C=O) groups excluding carboxylic acids is 2. The van der Waals surface area contributed by atoms with Crippen LogP contribution in [-0.2, 0) is 4.79 Å². The van der Waals surface area contributed by atoms with Crippen molar-refractivity contribution in [2.75, 3.05) is 12.1 Å². The molecule has 156 valence electrons. The quantitative estimate of drug-likeness (QED) is 0.593. The maximum Gasteiger partial charge on any atom is 0.282 e. The van der Waals surface area contributed by atoms with E-state index in [0.717, 1.165) is 17.0 Å². The van der Waals surface area contributed by atoms with Crippen LogP contribution in [0.1, 0.15) is 17.3 Å². The van der Waals surface area contributed by atoms with Crippen molar-refractivity contribution in [2.24, 2.45) is 21.1 Å². The number of ether oxygens (including phenoxy) is 1. The normalized spacial score (nSPS) is 16.1. The molecule has 0 unspecified atom stereocenters. The minimum absolute atomic E-state index is 0.328. The van der Waals surface area contributed by atoms with E-state index in [4.69, 9.17) is 10.5 Å². The standard InChI is InChI=1S/C21H18N6O3S/c1-12-18(25-24-15-7-3-14(4-8-15)19(22)28)20(29)27(26-12)21-23-17(11-31-21)13-5-9-16(30-2)10-6-13/h3-11,18H,1-2H3,(H2,22,28)/t18-/m0/s1. The van der Waals surface area contributed by atoms with Crippen molar-refractivity contribution in [1.82, 2.24) is 4.98 Å². The third kappa shape index (κ3) is 4.19. The summed E-state index contributed by atoms with van der Waals surface area (Å²) in [6, 6.07) is 13.0. The highest BCUT2D eigenvalue weighted by Gasteiger charge is 2.36. The Hall–Kier alpha value is -3.92. The van der Waals surface area contributed by atoms with Gasteiger partial charge in [-0.1, -0.05) is 0 Å². The highest BCUT2D eigenvalue weighted by molar-refractivity contribution is 7.14. The molecule has 2 aromatic carbocycles. The van der Waals surface area contributed by atoms with Gasteiger partial charge in [-0.2, -0.15) is 20.3 Å². The van der Waals surface area contributed by atoms with Gasteiger partial charge in [0.15, 0.2) is 6.04 Å². The van der Waals surface area contributed by atoms with Gasteiger partial charge < -0.3 is 10.5 Å². The van der Waals surface area contributed by atoms with E-state index in [0.29, 0.717) is 22.1 Å². The first kappa shape index (κ1) is 20.4. The molecule has 0 bridgehead atoms. The first-order valence-corrected chi connectivity index (χ1v) is 10.1. The van der Waals surface area contributed by atoms with Gasteiger partial charge in [-0.15, -0.1) is 11.3 Å². The molecule has 1 aliphatic rings. The minimum atomic E-state index is -0.829. The van der Waals surface area contributed by atoms with Gasteiger partial charge >= 0.3 is 0 Å². The number of benzene rings is 2. The molecule has 10 heteroatoms. The summed E-state index contributed by atoms with van der Waals surface area (Å²) in [6.07, 6.45) is 0. The van der Waals surface area contributed by atoms with Crippen molar-refractivity contribution in [2.45, 2.75) is 13.0 Å². The highest BCUT2D eigenvalue weighted by atomic mass is 32.1. The van der Waals surface area contributed by atoms with Crippen molar-refractivity contribution >= 4 is 39.7 Å². The second-order valence-corrected chi connectivity index (χ2v) is 7.50. The number of thiazole rings is 1. The third-order valence-corrected chi connectivity index (χ3v) is 5.41. The van der Waals surface area contributed by atoms with Gasteiger partial charge in [0, 0.05) is 16.5 Å². The zero-order valence-corrected chi connectivity index (χ0v) is 17.5. The SMILES string of the molecule is COc1ccc(-c2csc(N3N=C(C)[C@H](N=Nc4ccc(C(N)=O)cc4)C3=O)n2)cc1.